The normalized spacial score (nSPS) is 11.5. The average Bonchev–Trinajstić information content (AvgIpc) is 2.63. The van der Waals surface area contributed by atoms with Crippen LogP contribution in [0.5, 0.6) is 5.75 Å². The summed E-state index contributed by atoms with van der Waals surface area (Å²) in [5.41, 5.74) is 0.518. The van der Waals surface area contributed by atoms with Crippen molar-refractivity contribution in [1.82, 2.24) is 10.2 Å². The number of alkyl halides is 3. The minimum Gasteiger partial charge on any atom is -0.406 e. The van der Waals surface area contributed by atoms with Crippen molar-refractivity contribution in [1.29, 1.82) is 0 Å². The Morgan fingerprint density at radius 3 is 2.71 bits per heavy atom. The molecular formula is C9H5F3N2OS2. The fourth-order valence-corrected chi connectivity index (χ4v) is 2.07. The second-order valence-electron chi connectivity index (χ2n) is 2.99. The second-order valence-corrected chi connectivity index (χ2v) is 4.66. The Morgan fingerprint density at radius 1 is 1.35 bits per heavy atom. The van der Waals surface area contributed by atoms with Crippen molar-refractivity contribution in [3.05, 3.63) is 28.2 Å². The molecule has 0 saturated heterocycles. The molecule has 8 heteroatoms. The summed E-state index contributed by atoms with van der Waals surface area (Å²) in [5.74, 6) is -0.281. The van der Waals surface area contributed by atoms with E-state index < -0.39 is 6.36 Å². The zero-order valence-corrected chi connectivity index (χ0v) is 9.75. The molecule has 1 aromatic heterocycles. The van der Waals surface area contributed by atoms with Crippen molar-refractivity contribution in [3.8, 4) is 16.3 Å². The molecule has 1 aromatic carbocycles. The number of hydrogen-bond acceptors (Lipinski definition) is 4. The van der Waals surface area contributed by atoms with Crippen molar-refractivity contribution >= 4 is 23.6 Å². The number of hydrogen-bond donors (Lipinski definition) is 1. The van der Waals surface area contributed by atoms with Crippen LogP contribution in [0.25, 0.3) is 10.6 Å². The maximum absolute atomic E-state index is 12.0. The highest BCUT2D eigenvalue weighted by Gasteiger charge is 2.31. The lowest BCUT2D eigenvalue weighted by Crippen LogP contribution is -2.17. The SMILES string of the molecule is FC(F)(F)Oc1cccc(-c2n[nH]c(=S)s2)c1. The zero-order chi connectivity index (χ0) is 12.5. The van der Waals surface area contributed by atoms with Crippen molar-refractivity contribution in [2.75, 3.05) is 0 Å². The smallest absolute Gasteiger partial charge is 0.406 e. The van der Waals surface area contributed by atoms with Crippen LogP contribution in [0.3, 0.4) is 0 Å². The Balaban J connectivity index is 2.32. The van der Waals surface area contributed by atoms with Gasteiger partial charge in [-0.25, -0.2) is 0 Å². The molecule has 0 aliphatic carbocycles. The predicted octanol–water partition coefficient (Wildman–Crippen LogP) is 3.77. The van der Waals surface area contributed by atoms with E-state index in [1.807, 2.05) is 0 Å². The van der Waals surface area contributed by atoms with Crippen LogP contribution in [-0.4, -0.2) is 16.6 Å². The molecule has 1 heterocycles. The lowest BCUT2D eigenvalue weighted by Gasteiger charge is -2.08. The van der Waals surface area contributed by atoms with Gasteiger partial charge in [0.1, 0.15) is 10.8 Å². The molecule has 0 fully saturated rings. The van der Waals surface area contributed by atoms with Gasteiger partial charge in [-0.3, -0.25) is 5.10 Å². The minimum absolute atomic E-state index is 0.281. The second kappa shape index (κ2) is 4.46. The molecule has 0 aliphatic heterocycles. The van der Waals surface area contributed by atoms with Crippen molar-refractivity contribution in [3.63, 3.8) is 0 Å². The number of aromatic nitrogens is 2. The quantitative estimate of drug-likeness (QED) is 0.850. The van der Waals surface area contributed by atoms with Gasteiger partial charge in [-0.2, -0.15) is 5.10 Å². The molecule has 3 nitrogen and oxygen atoms in total. The van der Waals surface area contributed by atoms with E-state index in [9.17, 15) is 13.2 Å². The minimum atomic E-state index is -4.70. The highest BCUT2D eigenvalue weighted by atomic mass is 32.1. The van der Waals surface area contributed by atoms with Crippen LogP contribution in [0.4, 0.5) is 13.2 Å². The number of aromatic amines is 1. The van der Waals surface area contributed by atoms with Gasteiger partial charge in [-0.1, -0.05) is 23.5 Å². The molecule has 2 rings (SSSR count). The van der Waals surface area contributed by atoms with Gasteiger partial charge in [0.15, 0.2) is 3.95 Å². The summed E-state index contributed by atoms with van der Waals surface area (Å²) in [4.78, 5) is 0. The lowest BCUT2D eigenvalue weighted by atomic mass is 10.2. The van der Waals surface area contributed by atoms with E-state index in [0.29, 0.717) is 14.5 Å². The number of rotatable bonds is 2. The first-order valence-electron chi connectivity index (χ1n) is 4.36. The lowest BCUT2D eigenvalue weighted by molar-refractivity contribution is -0.274. The van der Waals surface area contributed by atoms with E-state index in [4.69, 9.17) is 12.2 Å². The van der Waals surface area contributed by atoms with E-state index >= 15 is 0 Å². The fraction of sp³-hybridized carbons (Fsp3) is 0.111. The van der Waals surface area contributed by atoms with Crippen LogP contribution in [0.1, 0.15) is 0 Å². The summed E-state index contributed by atoms with van der Waals surface area (Å²) in [6.45, 7) is 0. The van der Waals surface area contributed by atoms with Gasteiger partial charge in [0.05, 0.1) is 0 Å². The third-order valence-corrected chi connectivity index (χ3v) is 2.89. The van der Waals surface area contributed by atoms with Gasteiger partial charge in [0.2, 0.25) is 0 Å². The molecule has 0 aliphatic rings. The van der Waals surface area contributed by atoms with Gasteiger partial charge >= 0.3 is 6.36 Å². The van der Waals surface area contributed by atoms with Crippen LogP contribution in [0.2, 0.25) is 0 Å². The topological polar surface area (TPSA) is 37.9 Å². The van der Waals surface area contributed by atoms with Crippen LogP contribution in [-0.2, 0) is 0 Å². The summed E-state index contributed by atoms with van der Waals surface area (Å²) >= 11 is 6.02. The van der Waals surface area contributed by atoms with Crippen LogP contribution in [0.15, 0.2) is 24.3 Å². The Kier molecular flexibility index (Phi) is 3.16. The first kappa shape index (κ1) is 12.1. The standard InChI is InChI=1S/C9H5F3N2OS2/c10-9(11,12)15-6-3-1-2-5(4-6)7-13-14-8(16)17-7/h1-4H,(H,14,16). The monoisotopic (exact) mass is 278 g/mol. The van der Waals surface area contributed by atoms with Gasteiger partial charge in [0.25, 0.3) is 0 Å². The summed E-state index contributed by atoms with van der Waals surface area (Å²) in [5, 5.41) is 6.95. The van der Waals surface area contributed by atoms with E-state index in [1.165, 1.54) is 29.5 Å². The van der Waals surface area contributed by atoms with E-state index in [2.05, 4.69) is 14.9 Å². The number of nitrogens with zero attached hydrogens (tertiary/aromatic N) is 1. The third kappa shape index (κ3) is 3.27. The number of ether oxygens (including phenoxy) is 1. The van der Waals surface area contributed by atoms with Crippen molar-refractivity contribution < 1.29 is 17.9 Å². The molecule has 0 radical (unpaired) electrons. The molecule has 1 N–H and O–H groups in total. The number of H-pyrrole nitrogens is 1. The number of halogens is 3. The first-order valence-corrected chi connectivity index (χ1v) is 5.58. The van der Waals surface area contributed by atoms with E-state index in [1.54, 1.807) is 6.07 Å². The highest BCUT2D eigenvalue weighted by Crippen LogP contribution is 2.28. The van der Waals surface area contributed by atoms with Crippen LogP contribution in [0, 0.1) is 3.95 Å². The highest BCUT2D eigenvalue weighted by molar-refractivity contribution is 7.73. The molecule has 0 saturated carbocycles. The summed E-state index contributed by atoms with van der Waals surface area (Å²) in [6.07, 6.45) is -4.70. The molecule has 0 spiro atoms. The van der Waals surface area contributed by atoms with Gasteiger partial charge in [-0.15, -0.1) is 13.2 Å². The Morgan fingerprint density at radius 2 is 2.12 bits per heavy atom. The first-order chi connectivity index (χ1) is 7.94. The van der Waals surface area contributed by atoms with Crippen LogP contribution >= 0.6 is 23.6 Å². The number of nitrogens with one attached hydrogen (secondary N) is 1. The Bertz CT molecular complexity index is 576. The van der Waals surface area contributed by atoms with Gasteiger partial charge in [-0.05, 0) is 24.4 Å². The predicted molar refractivity (Wildman–Crippen MR) is 59.4 cm³/mol. The molecule has 0 unspecified atom stereocenters. The Hall–Kier alpha value is -1.41. The summed E-state index contributed by atoms with van der Waals surface area (Å²) in [7, 11) is 0. The fourth-order valence-electron chi connectivity index (χ4n) is 1.18. The maximum Gasteiger partial charge on any atom is 0.573 e. The number of benzene rings is 1. The van der Waals surface area contributed by atoms with Crippen molar-refractivity contribution in [2.24, 2.45) is 0 Å². The Labute approximate surface area is 103 Å². The van der Waals surface area contributed by atoms with Gasteiger partial charge < -0.3 is 4.74 Å². The van der Waals surface area contributed by atoms with E-state index in [0.717, 1.165) is 0 Å². The van der Waals surface area contributed by atoms with E-state index in [-0.39, 0.29) is 5.75 Å². The molecular weight excluding hydrogens is 273 g/mol. The third-order valence-electron chi connectivity index (χ3n) is 1.75. The maximum atomic E-state index is 12.0. The molecule has 90 valence electrons. The van der Waals surface area contributed by atoms with Gasteiger partial charge in [0, 0.05) is 5.56 Å². The average molecular weight is 278 g/mol. The molecule has 17 heavy (non-hydrogen) atoms. The molecule has 0 amide bonds. The molecule has 0 bridgehead atoms. The van der Waals surface area contributed by atoms with Crippen LogP contribution < -0.4 is 4.74 Å². The molecule has 2 aromatic rings. The zero-order valence-electron chi connectivity index (χ0n) is 8.12. The molecule has 0 atom stereocenters. The summed E-state index contributed by atoms with van der Waals surface area (Å²) < 4.78 is 40.3. The summed E-state index contributed by atoms with van der Waals surface area (Å²) in [6, 6.07) is 5.57. The van der Waals surface area contributed by atoms with Crippen molar-refractivity contribution in [2.45, 2.75) is 6.36 Å². The largest absolute Gasteiger partial charge is 0.573 e.